The topological polar surface area (TPSA) is 61.8 Å². The summed E-state index contributed by atoms with van der Waals surface area (Å²) in [5.74, 6) is -1.49. The van der Waals surface area contributed by atoms with Crippen molar-refractivity contribution in [2.24, 2.45) is 0 Å². The van der Waals surface area contributed by atoms with Crippen molar-refractivity contribution in [1.29, 1.82) is 0 Å². The number of hydrogen-bond acceptors (Lipinski definition) is 5. The van der Waals surface area contributed by atoms with E-state index in [-0.39, 0.29) is 12.5 Å². The van der Waals surface area contributed by atoms with Gasteiger partial charge in [0.2, 0.25) is 5.78 Å². The van der Waals surface area contributed by atoms with Gasteiger partial charge in [-0.25, -0.2) is 14.6 Å². The Morgan fingerprint density at radius 3 is 2.18 bits per heavy atom. The van der Waals surface area contributed by atoms with Crippen LogP contribution in [0.15, 0.2) is 30.3 Å². The van der Waals surface area contributed by atoms with Crippen molar-refractivity contribution in [1.82, 2.24) is 0 Å². The second-order valence-electron chi connectivity index (χ2n) is 6.27. The third kappa shape index (κ3) is 6.83. The maximum Gasteiger partial charge on any atom is 0.374 e. The molecular formula is C17H24O5. The SMILES string of the molecule is CC(C)OC(=O)C(=O)C[C@H](OOC(C)(C)C)c1ccccc1. The summed E-state index contributed by atoms with van der Waals surface area (Å²) >= 11 is 0. The van der Waals surface area contributed by atoms with Gasteiger partial charge in [0.15, 0.2) is 0 Å². The van der Waals surface area contributed by atoms with Crippen molar-refractivity contribution in [3.05, 3.63) is 35.9 Å². The number of ether oxygens (including phenoxy) is 1. The largest absolute Gasteiger partial charge is 0.457 e. The Hall–Kier alpha value is -1.72. The lowest BCUT2D eigenvalue weighted by atomic mass is 10.0. The third-order valence-electron chi connectivity index (χ3n) is 2.53. The predicted octanol–water partition coefficient (Wildman–Crippen LogP) is 3.39. The first-order valence-electron chi connectivity index (χ1n) is 7.32. The van der Waals surface area contributed by atoms with Crippen LogP contribution in [-0.4, -0.2) is 23.5 Å². The third-order valence-corrected chi connectivity index (χ3v) is 2.53. The van der Waals surface area contributed by atoms with Gasteiger partial charge in [0.25, 0.3) is 0 Å². The molecular weight excluding hydrogens is 284 g/mol. The summed E-state index contributed by atoms with van der Waals surface area (Å²) < 4.78 is 4.91. The Labute approximate surface area is 131 Å². The van der Waals surface area contributed by atoms with E-state index in [0.29, 0.717) is 0 Å². The first-order valence-corrected chi connectivity index (χ1v) is 7.32. The van der Waals surface area contributed by atoms with Crippen LogP contribution in [0.4, 0.5) is 0 Å². The fourth-order valence-electron chi connectivity index (χ4n) is 1.61. The van der Waals surface area contributed by atoms with E-state index in [4.69, 9.17) is 14.5 Å². The van der Waals surface area contributed by atoms with Gasteiger partial charge in [0.05, 0.1) is 18.1 Å². The van der Waals surface area contributed by atoms with Gasteiger partial charge in [-0.2, -0.15) is 0 Å². The molecule has 1 atom stereocenters. The van der Waals surface area contributed by atoms with Gasteiger partial charge in [-0.1, -0.05) is 30.3 Å². The number of rotatable bonds is 7. The van der Waals surface area contributed by atoms with Crippen LogP contribution in [0, 0.1) is 0 Å². The van der Waals surface area contributed by atoms with E-state index in [9.17, 15) is 9.59 Å². The van der Waals surface area contributed by atoms with Crippen molar-refractivity contribution in [2.45, 2.75) is 58.8 Å². The molecule has 0 fully saturated rings. The Balaban J connectivity index is 2.78. The summed E-state index contributed by atoms with van der Waals surface area (Å²) in [6, 6.07) is 9.16. The van der Waals surface area contributed by atoms with E-state index in [2.05, 4.69) is 0 Å². The minimum absolute atomic E-state index is 0.133. The van der Waals surface area contributed by atoms with Crippen LogP contribution in [-0.2, 0) is 24.1 Å². The minimum atomic E-state index is -0.852. The van der Waals surface area contributed by atoms with Gasteiger partial charge in [-0.05, 0) is 40.2 Å². The molecule has 0 aliphatic heterocycles. The average Bonchev–Trinajstić information content (AvgIpc) is 2.42. The van der Waals surface area contributed by atoms with Crippen LogP contribution in [0.3, 0.4) is 0 Å². The van der Waals surface area contributed by atoms with E-state index >= 15 is 0 Å². The van der Waals surface area contributed by atoms with Crippen molar-refractivity contribution in [2.75, 3.05) is 0 Å². The molecule has 1 aromatic carbocycles. The minimum Gasteiger partial charge on any atom is -0.457 e. The normalized spacial score (nSPS) is 13.0. The van der Waals surface area contributed by atoms with Crippen LogP contribution in [0.1, 0.15) is 52.7 Å². The second kappa shape index (κ2) is 8.06. The first kappa shape index (κ1) is 18.3. The number of benzene rings is 1. The van der Waals surface area contributed by atoms with Crippen LogP contribution >= 0.6 is 0 Å². The molecule has 0 N–H and O–H groups in total. The average molecular weight is 308 g/mol. The van der Waals surface area contributed by atoms with Crippen LogP contribution in [0.5, 0.6) is 0 Å². The maximum absolute atomic E-state index is 12.0. The molecule has 5 heteroatoms. The number of esters is 1. The lowest BCUT2D eigenvalue weighted by molar-refractivity contribution is -0.375. The maximum atomic E-state index is 12.0. The number of hydrogen-bond donors (Lipinski definition) is 0. The van der Waals surface area contributed by atoms with Crippen LogP contribution < -0.4 is 0 Å². The number of carbonyl (C=O) groups excluding carboxylic acids is 2. The highest BCUT2D eigenvalue weighted by Crippen LogP contribution is 2.24. The molecule has 0 unspecified atom stereocenters. The fraction of sp³-hybridized carbons (Fsp3) is 0.529. The van der Waals surface area contributed by atoms with E-state index < -0.39 is 23.5 Å². The number of carbonyl (C=O) groups is 2. The molecule has 0 aliphatic carbocycles. The van der Waals surface area contributed by atoms with E-state index in [0.717, 1.165) is 5.56 Å². The first-order chi connectivity index (χ1) is 10.2. The Morgan fingerprint density at radius 2 is 1.68 bits per heavy atom. The molecule has 0 bridgehead atoms. The fourth-order valence-corrected chi connectivity index (χ4v) is 1.61. The van der Waals surface area contributed by atoms with E-state index in [1.165, 1.54) is 0 Å². The summed E-state index contributed by atoms with van der Waals surface area (Å²) in [4.78, 5) is 34.3. The molecule has 0 aliphatic rings. The van der Waals surface area contributed by atoms with Crippen molar-refractivity contribution in [3.63, 3.8) is 0 Å². The molecule has 1 rings (SSSR count). The zero-order valence-electron chi connectivity index (χ0n) is 13.8. The van der Waals surface area contributed by atoms with Crippen molar-refractivity contribution >= 4 is 11.8 Å². The number of Topliss-reactive ketones (excluding diaryl/α,β-unsaturated/α-hetero) is 1. The standard InChI is InChI=1S/C17H24O5/c1-12(2)20-16(19)14(18)11-15(21-22-17(3,4)5)13-9-7-6-8-10-13/h6-10,12,15H,11H2,1-5H3/t15-/m0/s1. The lowest BCUT2D eigenvalue weighted by Crippen LogP contribution is -2.26. The highest BCUT2D eigenvalue weighted by Gasteiger charge is 2.26. The van der Waals surface area contributed by atoms with Gasteiger partial charge in [0, 0.05) is 0 Å². The number of ketones is 1. The zero-order chi connectivity index (χ0) is 16.8. The molecule has 5 nitrogen and oxygen atoms in total. The van der Waals surface area contributed by atoms with Crippen LogP contribution in [0.25, 0.3) is 0 Å². The summed E-state index contributed by atoms with van der Waals surface area (Å²) in [7, 11) is 0. The quantitative estimate of drug-likeness (QED) is 0.334. The van der Waals surface area contributed by atoms with E-state index in [1.807, 2.05) is 51.1 Å². The van der Waals surface area contributed by atoms with Gasteiger partial charge in [-0.3, -0.25) is 4.79 Å². The summed E-state index contributed by atoms with van der Waals surface area (Å²) in [6.07, 6.45) is -1.13. The van der Waals surface area contributed by atoms with Crippen LogP contribution in [0.2, 0.25) is 0 Å². The Morgan fingerprint density at radius 1 is 1.09 bits per heavy atom. The molecule has 122 valence electrons. The second-order valence-corrected chi connectivity index (χ2v) is 6.27. The molecule has 0 heterocycles. The molecule has 0 amide bonds. The van der Waals surface area contributed by atoms with Gasteiger partial charge in [0.1, 0.15) is 6.10 Å². The summed E-state index contributed by atoms with van der Waals surface area (Å²) in [5.41, 5.74) is 0.242. The highest BCUT2D eigenvalue weighted by atomic mass is 17.2. The molecule has 0 saturated carbocycles. The van der Waals surface area contributed by atoms with E-state index in [1.54, 1.807) is 13.8 Å². The molecule has 0 aromatic heterocycles. The van der Waals surface area contributed by atoms with Crippen molar-refractivity contribution < 1.29 is 24.1 Å². The lowest BCUT2D eigenvalue weighted by Gasteiger charge is -2.23. The van der Waals surface area contributed by atoms with Gasteiger partial charge >= 0.3 is 5.97 Å². The Bertz CT molecular complexity index is 488. The summed E-state index contributed by atoms with van der Waals surface area (Å²) in [5, 5.41) is 0. The van der Waals surface area contributed by atoms with Gasteiger partial charge < -0.3 is 4.74 Å². The molecule has 0 saturated heterocycles. The molecule has 1 aromatic rings. The smallest absolute Gasteiger partial charge is 0.374 e. The monoisotopic (exact) mass is 308 g/mol. The Kier molecular flexibility index (Phi) is 6.71. The van der Waals surface area contributed by atoms with Crippen molar-refractivity contribution in [3.8, 4) is 0 Å². The molecule has 0 spiro atoms. The predicted molar refractivity (Wildman–Crippen MR) is 82.0 cm³/mol. The zero-order valence-corrected chi connectivity index (χ0v) is 13.8. The molecule has 22 heavy (non-hydrogen) atoms. The van der Waals surface area contributed by atoms with Gasteiger partial charge in [-0.15, -0.1) is 0 Å². The highest BCUT2D eigenvalue weighted by molar-refractivity contribution is 6.33. The summed E-state index contributed by atoms with van der Waals surface area (Å²) in [6.45, 7) is 8.90. The molecule has 0 radical (unpaired) electrons.